The minimum atomic E-state index is -0.298. The van der Waals surface area contributed by atoms with Crippen LogP contribution in [0.4, 0.5) is 5.69 Å². The molecule has 0 spiro atoms. The first-order valence-electron chi connectivity index (χ1n) is 10.6. The Bertz CT molecular complexity index is 1100. The van der Waals surface area contributed by atoms with E-state index < -0.39 is 0 Å². The van der Waals surface area contributed by atoms with Crippen molar-refractivity contribution in [2.75, 3.05) is 18.4 Å². The van der Waals surface area contributed by atoms with Crippen molar-refractivity contribution in [1.82, 2.24) is 14.7 Å². The van der Waals surface area contributed by atoms with Crippen molar-refractivity contribution in [2.24, 2.45) is 7.05 Å². The lowest BCUT2D eigenvalue weighted by Gasteiger charge is -2.27. The van der Waals surface area contributed by atoms with Crippen LogP contribution in [0.2, 0.25) is 5.02 Å². The van der Waals surface area contributed by atoms with Crippen molar-refractivity contribution in [2.45, 2.75) is 25.9 Å². The average Bonchev–Trinajstić information content (AvgIpc) is 3.18. The lowest BCUT2D eigenvalue weighted by Crippen LogP contribution is -2.37. The van der Waals surface area contributed by atoms with E-state index in [0.29, 0.717) is 34.3 Å². The van der Waals surface area contributed by atoms with E-state index in [1.165, 1.54) is 10.9 Å². The van der Waals surface area contributed by atoms with Crippen molar-refractivity contribution in [1.29, 1.82) is 0 Å². The predicted octanol–water partition coefficient (Wildman–Crippen LogP) is 4.53. The van der Waals surface area contributed by atoms with Gasteiger partial charge in [-0.3, -0.25) is 14.3 Å². The predicted molar refractivity (Wildman–Crippen MR) is 123 cm³/mol. The van der Waals surface area contributed by atoms with Crippen LogP contribution in [0.3, 0.4) is 0 Å². The second-order valence-corrected chi connectivity index (χ2v) is 8.22. The molecule has 1 N–H and O–H groups in total. The number of likely N-dealkylation sites (tertiary alicyclic amines) is 1. The molecule has 32 heavy (non-hydrogen) atoms. The van der Waals surface area contributed by atoms with E-state index in [-0.39, 0.29) is 11.8 Å². The number of halogens is 1. The first kappa shape index (κ1) is 21.9. The number of nitrogens with zero attached hydrogens (tertiary/aromatic N) is 3. The Balaban J connectivity index is 1.40. The van der Waals surface area contributed by atoms with Gasteiger partial charge in [-0.15, -0.1) is 0 Å². The summed E-state index contributed by atoms with van der Waals surface area (Å²) in [6, 6.07) is 14.3. The maximum atomic E-state index is 13.0. The number of benzene rings is 2. The summed E-state index contributed by atoms with van der Waals surface area (Å²) in [5, 5.41) is 7.63. The highest BCUT2D eigenvalue weighted by Crippen LogP contribution is 2.21. The first-order chi connectivity index (χ1) is 15.5. The van der Waals surface area contributed by atoms with Gasteiger partial charge in [-0.2, -0.15) is 5.10 Å². The van der Waals surface area contributed by atoms with Gasteiger partial charge in [-0.05, 0) is 55.2 Å². The van der Waals surface area contributed by atoms with Crippen LogP contribution in [0.15, 0.2) is 54.7 Å². The normalized spacial score (nSPS) is 13.6. The number of carbonyl (C=O) groups is 2. The lowest BCUT2D eigenvalue weighted by atomic mass is 10.1. The van der Waals surface area contributed by atoms with Crippen molar-refractivity contribution in [3.63, 3.8) is 0 Å². The third-order valence-electron chi connectivity index (χ3n) is 5.45. The smallest absolute Gasteiger partial charge is 0.274 e. The number of hydrogen-bond acceptors (Lipinski definition) is 4. The fraction of sp³-hybridized carbons (Fsp3) is 0.292. The van der Waals surface area contributed by atoms with Crippen molar-refractivity contribution in [3.8, 4) is 5.75 Å². The van der Waals surface area contributed by atoms with Crippen LogP contribution < -0.4 is 10.1 Å². The fourth-order valence-electron chi connectivity index (χ4n) is 3.70. The zero-order chi connectivity index (χ0) is 22.5. The molecule has 0 atom stereocenters. The highest BCUT2D eigenvalue weighted by Gasteiger charge is 2.25. The Morgan fingerprint density at radius 2 is 1.84 bits per heavy atom. The molecular weight excluding hydrogens is 428 g/mol. The summed E-state index contributed by atoms with van der Waals surface area (Å²) in [5.74, 6) is 0.281. The molecule has 0 bridgehead atoms. The van der Waals surface area contributed by atoms with Crippen LogP contribution in [-0.2, 0) is 13.7 Å². The molecule has 0 radical (unpaired) electrons. The number of hydrogen-bond donors (Lipinski definition) is 1. The number of aromatic nitrogens is 2. The number of ether oxygens (including phenoxy) is 1. The molecule has 7 nitrogen and oxygen atoms in total. The second-order valence-electron chi connectivity index (χ2n) is 7.78. The Kier molecular flexibility index (Phi) is 6.75. The van der Waals surface area contributed by atoms with Gasteiger partial charge in [0.15, 0.2) is 0 Å². The van der Waals surface area contributed by atoms with Crippen molar-refractivity contribution < 1.29 is 14.3 Å². The van der Waals surface area contributed by atoms with E-state index in [4.69, 9.17) is 16.3 Å². The third kappa shape index (κ3) is 5.11. The molecule has 166 valence electrons. The summed E-state index contributed by atoms with van der Waals surface area (Å²) in [6.07, 6.45) is 4.65. The fourth-order valence-corrected chi connectivity index (χ4v) is 3.88. The summed E-state index contributed by atoms with van der Waals surface area (Å²) >= 11 is 5.97. The van der Waals surface area contributed by atoms with E-state index in [1.54, 1.807) is 31.3 Å². The van der Waals surface area contributed by atoms with Gasteiger partial charge in [-0.1, -0.05) is 29.8 Å². The number of aryl methyl sites for hydroxylation is 1. The Hall–Kier alpha value is -3.32. The molecule has 1 fully saturated rings. The van der Waals surface area contributed by atoms with Gasteiger partial charge in [0.2, 0.25) is 0 Å². The van der Waals surface area contributed by atoms with E-state index in [9.17, 15) is 9.59 Å². The summed E-state index contributed by atoms with van der Waals surface area (Å²) in [4.78, 5) is 27.6. The van der Waals surface area contributed by atoms with E-state index in [1.807, 2.05) is 29.2 Å². The average molecular weight is 453 g/mol. The molecule has 0 unspecified atom stereocenters. The molecule has 2 amide bonds. The summed E-state index contributed by atoms with van der Waals surface area (Å²) in [5.41, 5.74) is 2.22. The monoisotopic (exact) mass is 452 g/mol. The minimum absolute atomic E-state index is 0.103. The van der Waals surface area contributed by atoms with Crippen LogP contribution in [0.25, 0.3) is 0 Å². The van der Waals surface area contributed by atoms with Crippen LogP contribution in [0.5, 0.6) is 5.75 Å². The molecule has 1 aliphatic rings. The van der Waals surface area contributed by atoms with Gasteiger partial charge in [-0.25, -0.2) is 0 Å². The molecule has 1 aromatic heterocycles. The van der Waals surface area contributed by atoms with Crippen molar-refractivity contribution in [3.05, 3.63) is 76.6 Å². The highest BCUT2D eigenvalue weighted by molar-refractivity contribution is 6.30. The SMILES string of the molecule is Cn1ncc(NC(=O)c2ccc(COc3cccc(Cl)c3)cc2)c1C(=O)N1CCCCC1. The standard InChI is InChI=1S/C24H25ClN4O3/c1-28-22(24(31)29-12-3-2-4-13-29)21(15-26-28)27-23(30)18-10-8-17(9-11-18)16-32-20-7-5-6-19(25)14-20/h5-11,14-15H,2-4,12-13,16H2,1H3,(H,27,30). The number of nitrogens with one attached hydrogen (secondary N) is 1. The molecule has 1 saturated heterocycles. The van der Waals surface area contributed by atoms with E-state index in [0.717, 1.165) is 37.9 Å². The largest absolute Gasteiger partial charge is 0.489 e. The van der Waals surface area contributed by atoms with Crippen LogP contribution in [0, 0.1) is 0 Å². The summed E-state index contributed by atoms with van der Waals surface area (Å²) in [7, 11) is 1.71. The molecular formula is C24H25ClN4O3. The molecule has 1 aliphatic heterocycles. The minimum Gasteiger partial charge on any atom is -0.489 e. The maximum Gasteiger partial charge on any atom is 0.274 e. The van der Waals surface area contributed by atoms with Crippen molar-refractivity contribution >= 4 is 29.1 Å². The first-order valence-corrected chi connectivity index (χ1v) is 11.0. The molecule has 0 aliphatic carbocycles. The number of rotatable bonds is 6. The van der Waals surface area contributed by atoms with E-state index in [2.05, 4.69) is 10.4 Å². The number of amides is 2. The quantitative estimate of drug-likeness (QED) is 0.596. The topological polar surface area (TPSA) is 76.5 Å². The molecule has 4 rings (SSSR count). The van der Waals surface area contributed by atoms with Crippen LogP contribution in [-0.4, -0.2) is 39.6 Å². The zero-order valence-electron chi connectivity index (χ0n) is 17.9. The number of piperidine rings is 1. The number of carbonyl (C=O) groups excluding carboxylic acids is 2. The lowest BCUT2D eigenvalue weighted by molar-refractivity contribution is 0.0714. The highest BCUT2D eigenvalue weighted by atomic mass is 35.5. The molecule has 2 heterocycles. The Morgan fingerprint density at radius 3 is 2.56 bits per heavy atom. The van der Waals surface area contributed by atoms with Gasteiger partial charge < -0.3 is 15.0 Å². The Labute approximate surface area is 191 Å². The summed E-state index contributed by atoms with van der Waals surface area (Å²) in [6.45, 7) is 1.82. The maximum absolute atomic E-state index is 13.0. The van der Waals surface area contributed by atoms with Crippen LogP contribution >= 0.6 is 11.6 Å². The van der Waals surface area contributed by atoms with Gasteiger partial charge in [0.1, 0.15) is 18.1 Å². The van der Waals surface area contributed by atoms with Crippen LogP contribution in [0.1, 0.15) is 45.7 Å². The summed E-state index contributed by atoms with van der Waals surface area (Å²) < 4.78 is 7.25. The second kappa shape index (κ2) is 9.87. The molecule has 0 saturated carbocycles. The van der Waals surface area contributed by atoms with Gasteiger partial charge in [0.25, 0.3) is 11.8 Å². The third-order valence-corrected chi connectivity index (χ3v) is 5.69. The van der Waals surface area contributed by atoms with Gasteiger partial charge in [0.05, 0.1) is 11.9 Å². The molecule has 2 aromatic carbocycles. The number of anilines is 1. The van der Waals surface area contributed by atoms with E-state index >= 15 is 0 Å². The van der Waals surface area contributed by atoms with Gasteiger partial charge in [0, 0.05) is 30.7 Å². The molecule has 3 aromatic rings. The zero-order valence-corrected chi connectivity index (χ0v) is 18.6. The molecule has 8 heteroatoms. The Morgan fingerprint density at radius 1 is 1.09 bits per heavy atom. The van der Waals surface area contributed by atoms with Gasteiger partial charge >= 0.3 is 0 Å².